The highest BCUT2D eigenvalue weighted by atomic mass is 16.4. The van der Waals surface area contributed by atoms with Gasteiger partial charge >= 0.3 is 5.97 Å². The van der Waals surface area contributed by atoms with Crippen molar-refractivity contribution in [1.82, 2.24) is 9.78 Å². The first kappa shape index (κ1) is 11.6. The molecule has 7 nitrogen and oxygen atoms in total. The van der Waals surface area contributed by atoms with Gasteiger partial charge in [-0.1, -0.05) is 12.1 Å². The van der Waals surface area contributed by atoms with Gasteiger partial charge < -0.3 is 10.8 Å². The number of fused-ring (bicyclic) bond motifs is 1. The van der Waals surface area contributed by atoms with Gasteiger partial charge in [0, 0.05) is 5.39 Å². The Bertz CT molecular complexity index is 696. The molecule has 0 aliphatic rings. The van der Waals surface area contributed by atoms with Crippen molar-refractivity contribution in [3.05, 3.63) is 29.5 Å². The van der Waals surface area contributed by atoms with E-state index in [2.05, 4.69) is 5.10 Å². The molecule has 1 heterocycles. The second-order valence-corrected chi connectivity index (χ2v) is 3.58. The Morgan fingerprint density at radius 1 is 1.50 bits per heavy atom. The summed E-state index contributed by atoms with van der Waals surface area (Å²) in [7, 11) is 0. The predicted octanol–water partition coefficient (Wildman–Crippen LogP) is 0.0915. The summed E-state index contributed by atoms with van der Waals surface area (Å²) in [6.45, 7) is -0.442. The molecule has 0 fully saturated rings. The molecular weight excluding hydrogens is 236 g/mol. The van der Waals surface area contributed by atoms with E-state index in [9.17, 15) is 9.59 Å². The summed E-state index contributed by atoms with van der Waals surface area (Å²) in [4.78, 5) is 22.0. The van der Waals surface area contributed by atoms with Crippen LogP contribution in [0.3, 0.4) is 0 Å². The molecule has 90 valence electrons. The lowest BCUT2D eigenvalue weighted by Crippen LogP contribution is -2.14. The molecule has 2 rings (SSSR count). The summed E-state index contributed by atoms with van der Waals surface area (Å²) in [5.41, 5.74) is 5.68. The number of hydrogen-bond acceptors (Lipinski definition) is 4. The van der Waals surface area contributed by atoms with Crippen molar-refractivity contribution < 1.29 is 14.7 Å². The topological polar surface area (TPSA) is 122 Å². The number of carbonyl (C=O) groups is 2. The quantitative estimate of drug-likeness (QED) is 0.792. The first-order chi connectivity index (χ1) is 8.54. The molecule has 0 aliphatic carbocycles. The molecule has 0 unspecified atom stereocenters. The normalized spacial score (nSPS) is 10.2. The maximum absolute atomic E-state index is 11.2. The molecule has 0 spiro atoms. The first-order valence-corrected chi connectivity index (χ1v) is 4.96. The fourth-order valence-electron chi connectivity index (χ4n) is 1.75. The standard InChI is InChI=1S/C11H8N4O3/c12-4-6-2-1-3-7-9(11(13)18)14-15(10(6)7)5-8(16)17/h1-3H,5H2,(H2,13,18)(H,16,17). The van der Waals surface area contributed by atoms with E-state index in [1.807, 2.05) is 6.07 Å². The van der Waals surface area contributed by atoms with Gasteiger partial charge in [-0.25, -0.2) is 0 Å². The summed E-state index contributed by atoms with van der Waals surface area (Å²) in [5.74, 6) is -1.89. The van der Waals surface area contributed by atoms with Gasteiger partial charge in [0.1, 0.15) is 12.6 Å². The molecule has 0 radical (unpaired) electrons. The zero-order valence-electron chi connectivity index (χ0n) is 9.12. The van der Waals surface area contributed by atoms with Gasteiger partial charge in [-0.3, -0.25) is 14.3 Å². The van der Waals surface area contributed by atoms with E-state index in [-0.39, 0.29) is 11.3 Å². The molecule has 0 atom stereocenters. The van der Waals surface area contributed by atoms with Crippen LogP contribution >= 0.6 is 0 Å². The molecule has 0 saturated heterocycles. The van der Waals surface area contributed by atoms with Gasteiger partial charge in [-0.15, -0.1) is 0 Å². The van der Waals surface area contributed by atoms with Crippen molar-refractivity contribution in [1.29, 1.82) is 5.26 Å². The number of nitrogens with two attached hydrogens (primary N) is 1. The van der Waals surface area contributed by atoms with Crippen molar-refractivity contribution in [3.8, 4) is 6.07 Å². The fraction of sp³-hybridized carbons (Fsp3) is 0.0909. The molecule has 18 heavy (non-hydrogen) atoms. The second kappa shape index (κ2) is 4.18. The predicted molar refractivity (Wildman–Crippen MR) is 60.6 cm³/mol. The Balaban J connectivity index is 2.81. The van der Waals surface area contributed by atoms with E-state index in [1.54, 1.807) is 12.1 Å². The zero-order valence-corrected chi connectivity index (χ0v) is 9.12. The smallest absolute Gasteiger partial charge is 0.325 e. The Morgan fingerprint density at radius 3 is 2.78 bits per heavy atom. The van der Waals surface area contributed by atoms with Crippen molar-refractivity contribution in [2.45, 2.75) is 6.54 Å². The van der Waals surface area contributed by atoms with Gasteiger partial charge in [0.25, 0.3) is 5.91 Å². The minimum absolute atomic E-state index is 0.0386. The summed E-state index contributed by atoms with van der Waals surface area (Å²) in [5, 5.41) is 22.0. The lowest BCUT2D eigenvalue weighted by atomic mass is 10.1. The summed E-state index contributed by atoms with van der Waals surface area (Å²) >= 11 is 0. The van der Waals surface area contributed by atoms with E-state index in [4.69, 9.17) is 16.1 Å². The minimum atomic E-state index is -1.12. The van der Waals surface area contributed by atoms with Gasteiger partial charge in [-0.05, 0) is 6.07 Å². The minimum Gasteiger partial charge on any atom is -0.480 e. The van der Waals surface area contributed by atoms with Crippen molar-refractivity contribution in [2.24, 2.45) is 5.73 Å². The Morgan fingerprint density at radius 2 is 2.22 bits per heavy atom. The Hall–Kier alpha value is -2.88. The molecule has 0 bridgehead atoms. The van der Waals surface area contributed by atoms with Gasteiger partial charge in [0.15, 0.2) is 5.69 Å². The molecule has 7 heteroatoms. The van der Waals surface area contributed by atoms with Crippen LogP contribution in [-0.2, 0) is 11.3 Å². The molecule has 0 saturated carbocycles. The third-order valence-electron chi connectivity index (χ3n) is 2.41. The second-order valence-electron chi connectivity index (χ2n) is 3.58. The third-order valence-corrected chi connectivity index (χ3v) is 2.41. The number of carboxylic acids is 1. The first-order valence-electron chi connectivity index (χ1n) is 4.96. The number of hydrogen-bond donors (Lipinski definition) is 2. The van der Waals surface area contributed by atoms with E-state index in [0.717, 1.165) is 4.68 Å². The highest BCUT2D eigenvalue weighted by Gasteiger charge is 2.18. The monoisotopic (exact) mass is 244 g/mol. The highest BCUT2D eigenvalue weighted by molar-refractivity contribution is 6.05. The number of primary amides is 1. The lowest BCUT2D eigenvalue weighted by Gasteiger charge is -2.00. The Labute approximate surface area is 101 Å². The highest BCUT2D eigenvalue weighted by Crippen LogP contribution is 2.21. The van der Waals surface area contributed by atoms with E-state index in [0.29, 0.717) is 10.9 Å². The van der Waals surface area contributed by atoms with Crippen LogP contribution in [0.4, 0.5) is 0 Å². The number of carbonyl (C=O) groups excluding carboxylic acids is 1. The van der Waals surface area contributed by atoms with E-state index < -0.39 is 18.4 Å². The number of rotatable bonds is 3. The molecule has 1 amide bonds. The van der Waals surface area contributed by atoms with Crippen LogP contribution in [0.5, 0.6) is 0 Å². The van der Waals surface area contributed by atoms with Crippen molar-refractivity contribution in [2.75, 3.05) is 0 Å². The third kappa shape index (κ3) is 1.76. The SMILES string of the molecule is N#Cc1cccc2c(C(N)=O)nn(CC(=O)O)c12. The van der Waals surface area contributed by atoms with Crippen LogP contribution in [0, 0.1) is 11.3 Å². The maximum Gasteiger partial charge on any atom is 0.325 e. The van der Waals surface area contributed by atoms with E-state index >= 15 is 0 Å². The van der Waals surface area contributed by atoms with Crippen LogP contribution in [0.15, 0.2) is 18.2 Å². The largest absolute Gasteiger partial charge is 0.480 e. The summed E-state index contributed by atoms with van der Waals surface area (Å²) in [6, 6.07) is 6.61. The summed E-state index contributed by atoms with van der Waals surface area (Å²) in [6.07, 6.45) is 0. The molecule has 0 aliphatic heterocycles. The number of para-hydroxylation sites is 1. The average Bonchev–Trinajstić information content (AvgIpc) is 2.67. The number of amides is 1. The average molecular weight is 244 g/mol. The Kier molecular flexibility index (Phi) is 2.69. The molecule has 1 aromatic carbocycles. The number of nitrogens with zero attached hydrogens (tertiary/aromatic N) is 3. The number of aliphatic carboxylic acids is 1. The number of nitriles is 1. The number of benzene rings is 1. The van der Waals surface area contributed by atoms with Gasteiger partial charge in [0.05, 0.1) is 11.1 Å². The number of aromatic nitrogens is 2. The van der Waals surface area contributed by atoms with Crippen molar-refractivity contribution >= 4 is 22.8 Å². The van der Waals surface area contributed by atoms with Crippen LogP contribution in [0.1, 0.15) is 16.1 Å². The van der Waals surface area contributed by atoms with Crippen LogP contribution in [-0.4, -0.2) is 26.8 Å². The number of carboxylic acid groups (broad SMARTS) is 1. The fourth-order valence-corrected chi connectivity index (χ4v) is 1.75. The van der Waals surface area contributed by atoms with Crippen molar-refractivity contribution in [3.63, 3.8) is 0 Å². The van der Waals surface area contributed by atoms with Crippen LogP contribution in [0.2, 0.25) is 0 Å². The van der Waals surface area contributed by atoms with Crippen LogP contribution < -0.4 is 5.73 Å². The lowest BCUT2D eigenvalue weighted by molar-refractivity contribution is -0.137. The van der Waals surface area contributed by atoms with Crippen LogP contribution in [0.25, 0.3) is 10.9 Å². The molecule has 2 aromatic rings. The molecular formula is C11H8N4O3. The molecule has 1 aromatic heterocycles. The molecule has 3 N–H and O–H groups in total. The zero-order chi connectivity index (χ0) is 13.3. The van der Waals surface area contributed by atoms with Gasteiger partial charge in [0.2, 0.25) is 0 Å². The van der Waals surface area contributed by atoms with Gasteiger partial charge in [-0.2, -0.15) is 10.4 Å². The van der Waals surface area contributed by atoms with E-state index in [1.165, 1.54) is 6.07 Å². The summed E-state index contributed by atoms with van der Waals surface area (Å²) < 4.78 is 1.09. The maximum atomic E-state index is 11.2.